The zero-order valence-electron chi connectivity index (χ0n) is 10.4. The molecule has 2 amide bonds. The molecule has 1 aliphatic carbocycles. The van der Waals surface area contributed by atoms with Gasteiger partial charge in [0.2, 0.25) is 11.8 Å². The summed E-state index contributed by atoms with van der Waals surface area (Å²) in [4.78, 5) is 25.8. The van der Waals surface area contributed by atoms with Crippen LogP contribution in [0.1, 0.15) is 25.7 Å². The number of imide groups is 1. The molecule has 1 aromatic carbocycles. The highest BCUT2D eigenvalue weighted by molar-refractivity contribution is 6.23. The van der Waals surface area contributed by atoms with Gasteiger partial charge in [0.05, 0.1) is 23.2 Å². The van der Waals surface area contributed by atoms with E-state index >= 15 is 0 Å². The Morgan fingerprint density at radius 2 is 1.68 bits per heavy atom. The SMILES string of the molecule is Nc1ccc(F)cc1N1C(=O)C2CCCCC2C1=O. The minimum atomic E-state index is -0.500. The molecule has 2 unspecified atom stereocenters. The number of nitrogens with zero attached hydrogens (tertiary/aromatic N) is 1. The maximum Gasteiger partial charge on any atom is 0.237 e. The lowest BCUT2D eigenvalue weighted by molar-refractivity contribution is -0.122. The van der Waals surface area contributed by atoms with Crippen LogP contribution in [0.3, 0.4) is 0 Å². The van der Waals surface area contributed by atoms with E-state index in [1.165, 1.54) is 12.1 Å². The molecule has 2 atom stereocenters. The van der Waals surface area contributed by atoms with Crippen LogP contribution < -0.4 is 10.6 Å². The summed E-state index contributed by atoms with van der Waals surface area (Å²) in [5, 5.41) is 0. The normalized spacial score (nSPS) is 26.7. The van der Waals surface area contributed by atoms with Crippen LogP contribution in [-0.2, 0) is 9.59 Å². The van der Waals surface area contributed by atoms with Crippen molar-refractivity contribution >= 4 is 23.2 Å². The summed E-state index contributed by atoms with van der Waals surface area (Å²) in [7, 11) is 0. The van der Waals surface area contributed by atoms with Gasteiger partial charge in [-0.05, 0) is 25.0 Å². The maximum atomic E-state index is 13.3. The zero-order chi connectivity index (χ0) is 13.6. The van der Waals surface area contributed by atoms with Crippen molar-refractivity contribution in [1.82, 2.24) is 0 Å². The van der Waals surface area contributed by atoms with Crippen molar-refractivity contribution in [2.75, 3.05) is 10.6 Å². The van der Waals surface area contributed by atoms with Crippen LogP contribution in [0, 0.1) is 17.7 Å². The second-order valence-electron chi connectivity index (χ2n) is 5.21. The highest BCUT2D eigenvalue weighted by atomic mass is 19.1. The number of carbonyl (C=O) groups excluding carboxylic acids is 2. The van der Waals surface area contributed by atoms with Crippen LogP contribution in [0.5, 0.6) is 0 Å². The molecular formula is C14H15FN2O2. The van der Waals surface area contributed by atoms with Crippen LogP contribution in [0.2, 0.25) is 0 Å². The van der Waals surface area contributed by atoms with E-state index in [-0.39, 0.29) is 35.0 Å². The first-order valence-corrected chi connectivity index (χ1v) is 6.52. The lowest BCUT2D eigenvalue weighted by atomic mass is 9.81. The molecule has 100 valence electrons. The molecule has 2 N–H and O–H groups in total. The van der Waals surface area contributed by atoms with E-state index < -0.39 is 5.82 Å². The summed E-state index contributed by atoms with van der Waals surface area (Å²) < 4.78 is 13.3. The number of hydrogen-bond acceptors (Lipinski definition) is 3. The predicted octanol–water partition coefficient (Wildman–Crippen LogP) is 2.09. The Morgan fingerprint density at radius 1 is 1.11 bits per heavy atom. The second kappa shape index (κ2) is 4.33. The van der Waals surface area contributed by atoms with Gasteiger partial charge in [0, 0.05) is 6.07 Å². The third-order valence-corrected chi connectivity index (χ3v) is 4.07. The van der Waals surface area contributed by atoms with Gasteiger partial charge in [0.15, 0.2) is 0 Å². The van der Waals surface area contributed by atoms with Crippen molar-refractivity contribution in [3.05, 3.63) is 24.0 Å². The lowest BCUT2D eigenvalue weighted by Gasteiger charge is -2.19. The highest BCUT2D eigenvalue weighted by Gasteiger charge is 2.49. The number of benzene rings is 1. The van der Waals surface area contributed by atoms with Gasteiger partial charge in [-0.25, -0.2) is 9.29 Å². The Labute approximate surface area is 110 Å². The molecule has 1 aromatic rings. The molecule has 1 saturated carbocycles. The van der Waals surface area contributed by atoms with Crippen LogP contribution in [0.4, 0.5) is 15.8 Å². The number of rotatable bonds is 1. The second-order valence-corrected chi connectivity index (χ2v) is 5.21. The lowest BCUT2D eigenvalue weighted by Crippen LogP contribution is -2.31. The number of carbonyl (C=O) groups is 2. The van der Waals surface area contributed by atoms with Gasteiger partial charge in [-0.3, -0.25) is 9.59 Å². The van der Waals surface area contributed by atoms with Gasteiger partial charge in [0.25, 0.3) is 0 Å². The Hall–Kier alpha value is -1.91. The van der Waals surface area contributed by atoms with Crippen molar-refractivity contribution in [2.45, 2.75) is 25.7 Å². The molecule has 2 fully saturated rings. The van der Waals surface area contributed by atoms with E-state index in [1.807, 2.05) is 0 Å². The van der Waals surface area contributed by atoms with E-state index in [0.29, 0.717) is 0 Å². The van der Waals surface area contributed by atoms with Gasteiger partial charge in [-0.1, -0.05) is 12.8 Å². The topological polar surface area (TPSA) is 63.4 Å². The fourth-order valence-corrected chi connectivity index (χ4v) is 3.11. The summed E-state index contributed by atoms with van der Waals surface area (Å²) in [6.07, 6.45) is 3.40. The summed E-state index contributed by atoms with van der Waals surface area (Å²) in [6.45, 7) is 0. The number of anilines is 2. The first-order chi connectivity index (χ1) is 9.09. The number of amides is 2. The molecule has 1 heterocycles. The molecule has 4 nitrogen and oxygen atoms in total. The molecular weight excluding hydrogens is 247 g/mol. The fraction of sp³-hybridized carbons (Fsp3) is 0.429. The molecule has 5 heteroatoms. The number of halogens is 1. The molecule has 2 aliphatic rings. The number of nitrogens with two attached hydrogens (primary N) is 1. The Balaban J connectivity index is 2.03. The van der Waals surface area contributed by atoms with Crippen molar-refractivity contribution in [3.8, 4) is 0 Å². The van der Waals surface area contributed by atoms with E-state index in [0.717, 1.165) is 36.6 Å². The quantitative estimate of drug-likeness (QED) is 0.622. The average Bonchev–Trinajstić information content (AvgIpc) is 2.66. The third-order valence-electron chi connectivity index (χ3n) is 4.07. The van der Waals surface area contributed by atoms with Crippen molar-refractivity contribution in [2.24, 2.45) is 11.8 Å². The van der Waals surface area contributed by atoms with Crippen LogP contribution in [0.15, 0.2) is 18.2 Å². The summed E-state index contributed by atoms with van der Waals surface area (Å²) in [5.74, 6) is -1.45. The summed E-state index contributed by atoms with van der Waals surface area (Å²) >= 11 is 0. The van der Waals surface area contributed by atoms with Crippen LogP contribution in [-0.4, -0.2) is 11.8 Å². The molecule has 1 saturated heterocycles. The molecule has 0 radical (unpaired) electrons. The number of hydrogen-bond donors (Lipinski definition) is 1. The molecule has 19 heavy (non-hydrogen) atoms. The molecule has 0 aromatic heterocycles. The first-order valence-electron chi connectivity index (χ1n) is 6.52. The largest absolute Gasteiger partial charge is 0.397 e. The molecule has 1 aliphatic heterocycles. The van der Waals surface area contributed by atoms with E-state index in [1.54, 1.807) is 0 Å². The smallest absolute Gasteiger partial charge is 0.237 e. The van der Waals surface area contributed by atoms with Crippen molar-refractivity contribution in [1.29, 1.82) is 0 Å². The fourth-order valence-electron chi connectivity index (χ4n) is 3.11. The first kappa shape index (κ1) is 12.1. The van der Waals surface area contributed by atoms with Gasteiger partial charge >= 0.3 is 0 Å². The summed E-state index contributed by atoms with van der Waals surface area (Å²) in [6, 6.07) is 3.76. The Morgan fingerprint density at radius 3 is 2.26 bits per heavy atom. The van der Waals surface area contributed by atoms with Crippen molar-refractivity contribution in [3.63, 3.8) is 0 Å². The maximum absolute atomic E-state index is 13.3. The van der Waals surface area contributed by atoms with E-state index in [4.69, 9.17) is 5.73 Å². The van der Waals surface area contributed by atoms with Crippen LogP contribution >= 0.6 is 0 Å². The molecule has 3 rings (SSSR count). The van der Waals surface area contributed by atoms with E-state index in [9.17, 15) is 14.0 Å². The van der Waals surface area contributed by atoms with Crippen LogP contribution in [0.25, 0.3) is 0 Å². The third kappa shape index (κ3) is 1.80. The Kier molecular flexibility index (Phi) is 2.77. The molecule has 0 spiro atoms. The Bertz CT molecular complexity index is 534. The summed E-state index contributed by atoms with van der Waals surface area (Å²) in [5.41, 5.74) is 6.21. The average molecular weight is 262 g/mol. The van der Waals surface area contributed by atoms with Gasteiger partial charge in [-0.2, -0.15) is 0 Å². The standard InChI is InChI=1S/C14H15FN2O2/c15-8-5-6-11(16)12(7-8)17-13(18)9-3-1-2-4-10(9)14(17)19/h5-7,9-10H,1-4,16H2. The monoisotopic (exact) mass is 262 g/mol. The minimum Gasteiger partial charge on any atom is -0.397 e. The van der Waals surface area contributed by atoms with Crippen molar-refractivity contribution < 1.29 is 14.0 Å². The van der Waals surface area contributed by atoms with Gasteiger partial charge < -0.3 is 5.73 Å². The number of fused-ring (bicyclic) bond motifs is 1. The zero-order valence-corrected chi connectivity index (χ0v) is 10.4. The highest BCUT2D eigenvalue weighted by Crippen LogP contribution is 2.41. The van der Waals surface area contributed by atoms with Gasteiger partial charge in [0.1, 0.15) is 5.82 Å². The minimum absolute atomic E-state index is 0.185. The molecule has 0 bridgehead atoms. The predicted molar refractivity (Wildman–Crippen MR) is 68.8 cm³/mol. The number of nitrogen functional groups attached to an aromatic ring is 1. The van der Waals surface area contributed by atoms with Gasteiger partial charge in [-0.15, -0.1) is 0 Å². The van der Waals surface area contributed by atoms with E-state index in [2.05, 4.69) is 0 Å².